The van der Waals surface area contributed by atoms with Crippen LogP contribution in [-0.4, -0.2) is 43.3 Å². The van der Waals surface area contributed by atoms with Gasteiger partial charge in [0, 0.05) is 32.3 Å². The van der Waals surface area contributed by atoms with Gasteiger partial charge in [0.15, 0.2) is 0 Å². The summed E-state index contributed by atoms with van der Waals surface area (Å²) in [6.45, 7) is 4.98. The van der Waals surface area contributed by atoms with Gasteiger partial charge in [-0.1, -0.05) is 18.6 Å². The van der Waals surface area contributed by atoms with Crippen LogP contribution in [0, 0.1) is 11.8 Å². The third-order valence-corrected chi connectivity index (χ3v) is 6.02. The first-order valence-corrected chi connectivity index (χ1v) is 9.59. The molecule has 2 saturated heterocycles. The molecule has 4 unspecified atom stereocenters. The fourth-order valence-electron chi connectivity index (χ4n) is 4.65. The van der Waals surface area contributed by atoms with Crippen LogP contribution >= 0.6 is 0 Å². The predicted octanol–water partition coefficient (Wildman–Crippen LogP) is 2.80. The van der Waals surface area contributed by atoms with Gasteiger partial charge in [0.05, 0.1) is 6.10 Å². The molecule has 3 aliphatic rings. The van der Waals surface area contributed by atoms with Gasteiger partial charge in [-0.25, -0.2) is 0 Å². The molecule has 0 radical (unpaired) electrons. The van der Waals surface area contributed by atoms with Crippen LogP contribution < -0.4 is 10.5 Å². The van der Waals surface area contributed by atoms with E-state index >= 15 is 0 Å². The monoisotopic (exact) mass is 330 g/mol. The van der Waals surface area contributed by atoms with E-state index in [1.54, 1.807) is 0 Å². The van der Waals surface area contributed by atoms with Crippen LogP contribution in [0.5, 0.6) is 5.75 Å². The second-order valence-electron chi connectivity index (χ2n) is 7.80. The van der Waals surface area contributed by atoms with Crippen molar-refractivity contribution in [1.82, 2.24) is 4.90 Å². The van der Waals surface area contributed by atoms with E-state index in [4.69, 9.17) is 15.2 Å². The van der Waals surface area contributed by atoms with Gasteiger partial charge in [-0.05, 0) is 55.2 Å². The molecule has 3 fully saturated rings. The van der Waals surface area contributed by atoms with Crippen molar-refractivity contribution < 1.29 is 9.47 Å². The molecule has 0 aromatic heterocycles. The second kappa shape index (κ2) is 7.42. The summed E-state index contributed by atoms with van der Waals surface area (Å²) in [7, 11) is 0. The minimum atomic E-state index is 0.279. The predicted molar refractivity (Wildman–Crippen MR) is 95.0 cm³/mol. The zero-order chi connectivity index (χ0) is 16.4. The Morgan fingerprint density at radius 3 is 2.71 bits per heavy atom. The molecular formula is C20H30N2O2. The Morgan fingerprint density at radius 1 is 1.08 bits per heavy atom. The van der Waals surface area contributed by atoms with Crippen molar-refractivity contribution in [3.8, 4) is 5.75 Å². The average Bonchev–Trinajstić information content (AvgIpc) is 3.24. The molecule has 1 aliphatic carbocycles. The Labute approximate surface area is 145 Å². The minimum absolute atomic E-state index is 0.279. The lowest BCUT2D eigenvalue weighted by molar-refractivity contribution is 0.0679. The Bertz CT molecular complexity index is 527. The number of nitrogens with two attached hydrogens (primary N) is 1. The van der Waals surface area contributed by atoms with Gasteiger partial charge < -0.3 is 15.2 Å². The molecule has 2 aliphatic heterocycles. The lowest BCUT2D eigenvalue weighted by atomic mass is 9.78. The number of nitrogens with zero attached hydrogens (tertiary/aromatic N) is 1. The Hall–Kier alpha value is -1.10. The van der Waals surface area contributed by atoms with E-state index in [0.29, 0.717) is 18.6 Å². The van der Waals surface area contributed by atoms with E-state index in [-0.39, 0.29) is 6.10 Å². The third kappa shape index (κ3) is 3.76. The summed E-state index contributed by atoms with van der Waals surface area (Å²) in [5.74, 6) is 2.49. The van der Waals surface area contributed by atoms with E-state index in [9.17, 15) is 0 Å². The molecule has 1 aromatic rings. The van der Waals surface area contributed by atoms with Gasteiger partial charge in [-0.15, -0.1) is 0 Å². The summed E-state index contributed by atoms with van der Waals surface area (Å²) in [4.78, 5) is 2.59. The fraction of sp³-hybridized carbons (Fsp3) is 0.700. The zero-order valence-corrected chi connectivity index (χ0v) is 14.5. The molecule has 1 aromatic carbocycles. The number of hydrogen-bond acceptors (Lipinski definition) is 4. The van der Waals surface area contributed by atoms with Crippen molar-refractivity contribution in [3.63, 3.8) is 0 Å². The molecular weight excluding hydrogens is 300 g/mol. The van der Waals surface area contributed by atoms with Crippen LogP contribution in [-0.2, 0) is 11.3 Å². The maximum atomic E-state index is 6.33. The van der Waals surface area contributed by atoms with Crippen LogP contribution in [0.2, 0.25) is 0 Å². The molecule has 132 valence electrons. The van der Waals surface area contributed by atoms with E-state index in [0.717, 1.165) is 37.7 Å². The lowest BCUT2D eigenvalue weighted by Gasteiger charge is -2.29. The van der Waals surface area contributed by atoms with Gasteiger partial charge in [-0.3, -0.25) is 4.90 Å². The first-order valence-electron chi connectivity index (χ1n) is 9.59. The highest BCUT2D eigenvalue weighted by molar-refractivity contribution is 5.27. The van der Waals surface area contributed by atoms with Crippen molar-refractivity contribution in [2.75, 3.05) is 26.3 Å². The summed E-state index contributed by atoms with van der Waals surface area (Å²) in [5, 5.41) is 0. The molecule has 4 heteroatoms. The van der Waals surface area contributed by atoms with Crippen molar-refractivity contribution in [2.24, 2.45) is 17.6 Å². The summed E-state index contributed by atoms with van der Waals surface area (Å²) >= 11 is 0. The molecule has 0 amide bonds. The molecule has 2 N–H and O–H groups in total. The lowest BCUT2D eigenvalue weighted by Crippen LogP contribution is -2.38. The van der Waals surface area contributed by atoms with Crippen LogP contribution in [0.1, 0.15) is 37.7 Å². The molecule has 2 heterocycles. The van der Waals surface area contributed by atoms with Crippen molar-refractivity contribution in [3.05, 3.63) is 29.8 Å². The van der Waals surface area contributed by atoms with Gasteiger partial charge in [0.1, 0.15) is 12.4 Å². The normalized spacial score (nSPS) is 33.5. The largest absolute Gasteiger partial charge is 0.491 e. The number of fused-ring (bicyclic) bond motifs is 1. The Balaban J connectivity index is 1.27. The van der Waals surface area contributed by atoms with E-state index in [1.165, 1.54) is 37.9 Å². The van der Waals surface area contributed by atoms with E-state index in [2.05, 4.69) is 29.2 Å². The Morgan fingerprint density at radius 2 is 1.96 bits per heavy atom. The van der Waals surface area contributed by atoms with Crippen LogP contribution in [0.25, 0.3) is 0 Å². The molecule has 0 bridgehead atoms. The maximum Gasteiger partial charge on any atom is 0.119 e. The highest BCUT2D eigenvalue weighted by Gasteiger charge is 2.38. The highest BCUT2D eigenvalue weighted by atomic mass is 16.5. The summed E-state index contributed by atoms with van der Waals surface area (Å²) in [6.07, 6.45) is 6.46. The van der Waals surface area contributed by atoms with Gasteiger partial charge in [0.25, 0.3) is 0 Å². The Kier molecular flexibility index (Phi) is 5.06. The molecule has 24 heavy (non-hydrogen) atoms. The molecule has 4 rings (SSSR count). The van der Waals surface area contributed by atoms with E-state index in [1.807, 2.05) is 0 Å². The summed E-state index contributed by atoms with van der Waals surface area (Å²) < 4.78 is 11.5. The number of hydrogen-bond donors (Lipinski definition) is 1. The number of benzene rings is 1. The highest BCUT2D eigenvalue weighted by Crippen LogP contribution is 2.36. The average molecular weight is 330 g/mol. The number of rotatable bonds is 5. The zero-order valence-electron chi connectivity index (χ0n) is 14.5. The van der Waals surface area contributed by atoms with Gasteiger partial charge >= 0.3 is 0 Å². The number of ether oxygens (including phenoxy) is 2. The van der Waals surface area contributed by atoms with E-state index < -0.39 is 0 Å². The fourth-order valence-corrected chi connectivity index (χ4v) is 4.65. The first-order chi connectivity index (χ1) is 11.8. The summed E-state index contributed by atoms with van der Waals surface area (Å²) in [5.41, 5.74) is 7.69. The van der Waals surface area contributed by atoms with Crippen LogP contribution in [0.3, 0.4) is 0 Å². The molecule has 1 saturated carbocycles. The van der Waals surface area contributed by atoms with Crippen molar-refractivity contribution >= 4 is 0 Å². The van der Waals surface area contributed by atoms with Crippen molar-refractivity contribution in [2.45, 2.75) is 50.8 Å². The minimum Gasteiger partial charge on any atom is -0.491 e. The second-order valence-corrected chi connectivity index (χ2v) is 7.80. The maximum absolute atomic E-state index is 6.33. The summed E-state index contributed by atoms with van der Waals surface area (Å²) in [6, 6.07) is 9.01. The van der Waals surface area contributed by atoms with Gasteiger partial charge in [-0.2, -0.15) is 0 Å². The van der Waals surface area contributed by atoms with Crippen LogP contribution in [0.15, 0.2) is 24.3 Å². The standard InChI is InChI=1S/C20H30N2O2/c21-20-5-1-3-16-12-22(13-19(16)20)11-15-6-8-17(9-7-15)24-14-18-4-2-10-23-18/h6-9,16,18-20H,1-5,10-14,21H2. The molecule has 4 atom stereocenters. The SMILES string of the molecule is NC1CCCC2CN(Cc3ccc(OCC4CCCO4)cc3)CC12. The quantitative estimate of drug-likeness (QED) is 0.902. The molecule has 4 nitrogen and oxygen atoms in total. The van der Waals surface area contributed by atoms with Crippen molar-refractivity contribution in [1.29, 1.82) is 0 Å². The topological polar surface area (TPSA) is 47.7 Å². The molecule has 0 spiro atoms. The smallest absolute Gasteiger partial charge is 0.119 e. The van der Waals surface area contributed by atoms with Gasteiger partial charge in [0.2, 0.25) is 0 Å². The third-order valence-electron chi connectivity index (χ3n) is 6.02. The first kappa shape index (κ1) is 16.4. The number of likely N-dealkylation sites (tertiary alicyclic amines) is 1. The van der Waals surface area contributed by atoms with Crippen LogP contribution in [0.4, 0.5) is 0 Å².